The van der Waals surface area contributed by atoms with Gasteiger partial charge in [0.25, 0.3) is 0 Å². The summed E-state index contributed by atoms with van der Waals surface area (Å²) in [6.45, 7) is 7.79. The van der Waals surface area contributed by atoms with Gasteiger partial charge in [0.2, 0.25) is 5.91 Å². The molecule has 2 fully saturated rings. The monoisotopic (exact) mass is 625 g/mol. The lowest BCUT2D eigenvalue weighted by molar-refractivity contribution is -0.153. The molecule has 0 bridgehead atoms. The molecule has 3 aromatic rings. The molecule has 5 rings (SSSR count). The largest absolute Gasteiger partial charge is 0.465 e. The Bertz CT molecular complexity index is 1500. The maximum Gasteiger partial charge on any atom is 0.309 e. The molecule has 0 unspecified atom stereocenters. The van der Waals surface area contributed by atoms with Crippen molar-refractivity contribution in [1.29, 1.82) is 0 Å². The molecule has 0 spiro atoms. The van der Waals surface area contributed by atoms with Crippen molar-refractivity contribution >= 4 is 40.8 Å². The summed E-state index contributed by atoms with van der Waals surface area (Å²) in [7, 11) is 0. The SMILES string of the molecule is CC(C)(C)COC(=O)C1CCN(C2CC(C(=O)Nc3cc(Nc4cc(-c5cc(Cl)ccc5F)nnc4CO)ncn3)C2)CC1. The van der Waals surface area contributed by atoms with Crippen LogP contribution < -0.4 is 10.6 Å². The predicted molar refractivity (Wildman–Crippen MR) is 164 cm³/mol. The number of carbonyl (C=O) groups excluding carboxylic acids is 2. The number of aliphatic hydroxyl groups excluding tert-OH is 1. The van der Waals surface area contributed by atoms with Crippen LogP contribution in [0, 0.1) is 23.1 Å². The van der Waals surface area contributed by atoms with Gasteiger partial charge in [0, 0.05) is 28.6 Å². The Labute approximate surface area is 260 Å². The molecule has 3 N–H and O–H groups in total. The van der Waals surface area contributed by atoms with Crippen LogP contribution in [0.25, 0.3) is 11.3 Å². The molecule has 1 aliphatic carbocycles. The summed E-state index contributed by atoms with van der Waals surface area (Å²) < 4.78 is 19.9. The van der Waals surface area contributed by atoms with E-state index < -0.39 is 12.4 Å². The highest BCUT2D eigenvalue weighted by atomic mass is 35.5. The minimum Gasteiger partial charge on any atom is -0.465 e. The number of amides is 1. The molecule has 0 atom stereocenters. The van der Waals surface area contributed by atoms with Gasteiger partial charge in [-0.1, -0.05) is 32.4 Å². The first-order chi connectivity index (χ1) is 21.0. The van der Waals surface area contributed by atoms with Crippen LogP contribution in [-0.4, -0.2) is 67.8 Å². The van der Waals surface area contributed by atoms with Crippen LogP contribution in [0.15, 0.2) is 36.7 Å². The van der Waals surface area contributed by atoms with Crippen LogP contribution in [0.5, 0.6) is 0 Å². The van der Waals surface area contributed by atoms with E-state index in [9.17, 15) is 19.1 Å². The minimum absolute atomic E-state index is 0.0493. The van der Waals surface area contributed by atoms with E-state index in [1.54, 1.807) is 12.1 Å². The first-order valence-electron chi connectivity index (χ1n) is 14.7. The van der Waals surface area contributed by atoms with Crippen LogP contribution >= 0.6 is 11.6 Å². The van der Waals surface area contributed by atoms with Gasteiger partial charge >= 0.3 is 5.97 Å². The first-order valence-corrected chi connectivity index (χ1v) is 15.1. The number of aromatic nitrogens is 4. The molecule has 1 saturated carbocycles. The van der Waals surface area contributed by atoms with Gasteiger partial charge in [-0.25, -0.2) is 14.4 Å². The van der Waals surface area contributed by atoms with Crippen molar-refractivity contribution in [3.8, 4) is 11.3 Å². The average molecular weight is 626 g/mol. The number of piperidine rings is 1. The summed E-state index contributed by atoms with van der Waals surface area (Å²) in [5, 5.41) is 24.1. The number of likely N-dealkylation sites (tertiary alicyclic amines) is 1. The Hall–Kier alpha value is -3.74. The summed E-state index contributed by atoms with van der Waals surface area (Å²) in [5.41, 5.74) is 0.922. The zero-order valence-electron chi connectivity index (χ0n) is 25.0. The lowest BCUT2D eigenvalue weighted by Crippen LogP contribution is -2.51. The molecule has 1 amide bonds. The molecular weight excluding hydrogens is 589 g/mol. The molecular formula is C31H37ClFN7O4. The second-order valence-electron chi connectivity index (χ2n) is 12.6. The molecule has 11 nitrogen and oxygen atoms in total. The Balaban J connectivity index is 1.14. The Morgan fingerprint density at radius 1 is 1.07 bits per heavy atom. The molecule has 0 radical (unpaired) electrons. The van der Waals surface area contributed by atoms with E-state index in [1.807, 2.05) is 20.8 Å². The lowest BCUT2D eigenvalue weighted by atomic mass is 9.77. The summed E-state index contributed by atoms with van der Waals surface area (Å²) in [6, 6.07) is 7.55. The van der Waals surface area contributed by atoms with Crippen molar-refractivity contribution in [2.75, 3.05) is 30.3 Å². The van der Waals surface area contributed by atoms with E-state index in [-0.39, 0.29) is 46.1 Å². The topological polar surface area (TPSA) is 142 Å². The molecule has 1 saturated heterocycles. The minimum atomic E-state index is -0.516. The number of anilines is 3. The second-order valence-corrected chi connectivity index (χ2v) is 13.0. The number of ether oxygens (including phenoxy) is 1. The molecule has 2 aliphatic rings. The van der Waals surface area contributed by atoms with Crippen LogP contribution in [0.3, 0.4) is 0 Å². The third kappa shape index (κ3) is 7.85. The maximum atomic E-state index is 14.4. The van der Waals surface area contributed by atoms with Gasteiger partial charge in [-0.3, -0.25) is 9.59 Å². The Kier molecular flexibility index (Phi) is 9.72. The standard InChI is InChI=1S/C31H37ClFN7O4/c1-31(2,3)16-44-30(43)18-6-8-40(9-7-18)21-10-19(11-21)29(42)37-28-14-27(34-17-35-28)36-25-13-24(38-39-26(25)15-41)22-12-20(32)4-5-23(22)33/h4-5,12-14,17-19,21,41H,6-11,15-16H2,1-3H3,(H2,34,35,36,37,38,42). The summed E-state index contributed by atoms with van der Waals surface area (Å²) in [6.07, 6.45) is 4.34. The van der Waals surface area contributed by atoms with Gasteiger partial charge in [0.1, 0.15) is 29.5 Å². The summed E-state index contributed by atoms with van der Waals surface area (Å²) >= 11 is 6.04. The van der Waals surface area contributed by atoms with E-state index in [4.69, 9.17) is 16.3 Å². The number of halogens is 2. The number of benzene rings is 1. The highest BCUT2D eigenvalue weighted by Gasteiger charge is 2.40. The van der Waals surface area contributed by atoms with Gasteiger partial charge < -0.3 is 25.4 Å². The zero-order valence-corrected chi connectivity index (χ0v) is 25.8. The number of hydrogen-bond acceptors (Lipinski definition) is 10. The number of aliphatic hydroxyl groups is 1. The van der Waals surface area contributed by atoms with Crippen LogP contribution in [-0.2, 0) is 20.9 Å². The van der Waals surface area contributed by atoms with Crippen molar-refractivity contribution in [3.63, 3.8) is 0 Å². The number of esters is 1. The Morgan fingerprint density at radius 2 is 1.80 bits per heavy atom. The van der Waals surface area contributed by atoms with Crippen molar-refractivity contribution in [2.24, 2.45) is 17.3 Å². The van der Waals surface area contributed by atoms with Crippen molar-refractivity contribution in [3.05, 3.63) is 53.2 Å². The fourth-order valence-electron chi connectivity index (χ4n) is 5.33. The average Bonchev–Trinajstić information content (AvgIpc) is 2.96. The summed E-state index contributed by atoms with van der Waals surface area (Å²) in [4.78, 5) is 36.2. The second kappa shape index (κ2) is 13.5. The fourth-order valence-corrected chi connectivity index (χ4v) is 5.51. The predicted octanol–water partition coefficient (Wildman–Crippen LogP) is 4.98. The van der Waals surface area contributed by atoms with E-state index in [2.05, 4.69) is 35.7 Å². The number of rotatable bonds is 9. The van der Waals surface area contributed by atoms with Crippen LogP contribution in [0.4, 0.5) is 21.7 Å². The van der Waals surface area contributed by atoms with E-state index in [1.165, 1.54) is 24.5 Å². The van der Waals surface area contributed by atoms with Gasteiger partial charge in [0.05, 0.1) is 30.5 Å². The van der Waals surface area contributed by atoms with E-state index in [0.717, 1.165) is 38.8 Å². The maximum absolute atomic E-state index is 14.4. The smallest absolute Gasteiger partial charge is 0.309 e. The Morgan fingerprint density at radius 3 is 2.50 bits per heavy atom. The number of carbonyl (C=O) groups is 2. The molecule has 2 aromatic heterocycles. The van der Waals surface area contributed by atoms with Crippen molar-refractivity contribution in [2.45, 2.75) is 59.1 Å². The zero-order chi connectivity index (χ0) is 31.4. The number of hydrogen-bond donors (Lipinski definition) is 3. The molecule has 3 heterocycles. The van der Waals surface area contributed by atoms with Gasteiger partial charge in [-0.15, -0.1) is 5.10 Å². The fraction of sp³-hybridized carbons (Fsp3) is 0.484. The first kappa shape index (κ1) is 31.7. The van der Waals surface area contributed by atoms with Crippen LogP contribution in [0.2, 0.25) is 5.02 Å². The third-order valence-electron chi connectivity index (χ3n) is 7.92. The van der Waals surface area contributed by atoms with E-state index in [0.29, 0.717) is 35.0 Å². The molecule has 234 valence electrons. The summed E-state index contributed by atoms with van der Waals surface area (Å²) in [5.74, 6) is -0.280. The molecule has 1 aliphatic heterocycles. The van der Waals surface area contributed by atoms with Crippen molar-refractivity contribution in [1.82, 2.24) is 25.1 Å². The van der Waals surface area contributed by atoms with Crippen molar-refractivity contribution < 1.29 is 23.8 Å². The number of nitrogens with zero attached hydrogens (tertiary/aromatic N) is 5. The highest BCUT2D eigenvalue weighted by Crippen LogP contribution is 2.35. The van der Waals surface area contributed by atoms with Gasteiger partial charge in [-0.05, 0) is 68.5 Å². The van der Waals surface area contributed by atoms with E-state index >= 15 is 0 Å². The molecule has 13 heteroatoms. The number of nitrogens with one attached hydrogen (secondary N) is 2. The lowest BCUT2D eigenvalue weighted by Gasteiger charge is -2.44. The molecule has 44 heavy (non-hydrogen) atoms. The third-order valence-corrected chi connectivity index (χ3v) is 8.15. The molecule has 1 aromatic carbocycles. The van der Waals surface area contributed by atoms with Crippen LogP contribution in [0.1, 0.15) is 52.1 Å². The van der Waals surface area contributed by atoms with Gasteiger partial charge in [0.15, 0.2) is 0 Å². The quantitative estimate of drug-likeness (QED) is 0.279. The van der Waals surface area contributed by atoms with Gasteiger partial charge in [-0.2, -0.15) is 5.10 Å². The normalized spacial score (nSPS) is 19.2. The highest BCUT2D eigenvalue weighted by molar-refractivity contribution is 6.30.